The molecule has 112 valence electrons. The molecule has 2 fully saturated rings. The molecule has 2 rings (SSSR count). The summed E-state index contributed by atoms with van der Waals surface area (Å²) >= 11 is 0. The van der Waals surface area contributed by atoms with Gasteiger partial charge in [0, 0.05) is 6.42 Å². The van der Waals surface area contributed by atoms with E-state index in [4.69, 9.17) is 9.47 Å². The molecule has 1 heterocycles. The lowest BCUT2D eigenvalue weighted by atomic mass is 9.87. The maximum atomic E-state index is 10.5. The van der Waals surface area contributed by atoms with Gasteiger partial charge >= 0.3 is 0 Å². The monoisotopic (exact) mass is 270 g/mol. The zero-order valence-electron chi connectivity index (χ0n) is 12.5. The van der Waals surface area contributed by atoms with E-state index in [2.05, 4.69) is 13.8 Å². The van der Waals surface area contributed by atoms with Gasteiger partial charge in [-0.1, -0.05) is 26.7 Å². The summed E-state index contributed by atoms with van der Waals surface area (Å²) in [7, 11) is 0. The summed E-state index contributed by atoms with van der Waals surface area (Å²) in [6, 6.07) is 0. The van der Waals surface area contributed by atoms with Crippen LogP contribution in [0.15, 0.2) is 0 Å². The normalized spacial score (nSPS) is 34.6. The highest BCUT2D eigenvalue weighted by molar-refractivity contribution is 4.86. The van der Waals surface area contributed by atoms with Gasteiger partial charge in [-0.3, -0.25) is 0 Å². The van der Waals surface area contributed by atoms with Gasteiger partial charge in [-0.2, -0.15) is 0 Å². The third-order valence-corrected chi connectivity index (χ3v) is 5.04. The lowest BCUT2D eigenvalue weighted by Crippen LogP contribution is -2.29. The number of rotatable bonds is 6. The summed E-state index contributed by atoms with van der Waals surface area (Å²) in [5, 5.41) is 10.5. The minimum absolute atomic E-state index is 0.0770. The Hall–Kier alpha value is -0.120. The van der Waals surface area contributed by atoms with Crippen molar-refractivity contribution in [3.05, 3.63) is 0 Å². The second-order valence-corrected chi connectivity index (χ2v) is 6.25. The summed E-state index contributed by atoms with van der Waals surface area (Å²) in [5.74, 6) is 2.04. The lowest BCUT2D eigenvalue weighted by Gasteiger charge is -2.27. The summed E-state index contributed by atoms with van der Waals surface area (Å²) in [4.78, 5) is 0. The van der Waals surface area contributed by atoms with E-state index in [1.54, 1.807) is 0 Å². The SMILES string of the molecule is CCC1CC(CC)C(C(O)CCC2OCCCO2)C1. The fourth-order valence-electron chi connectivity index (χ4n) is 3.77. The molecule has 0 amide bonds. The first kappa shape index (κ1) is 15.3. The van der Waals surface area contributed by atoms with Crippen LogP contribution in [0.1, 0.15) is 58.8 Å². The Morgan fingerprint density at radius 2 is 1.84 bits per heavy atom. The van der Waals surface area contributed by atoms with Crippen molar-refractivity contribution < 1.29 is 14.6 Å². The average Bonchev–Trinajstić information content (AvgIpc) is 2.89. The third-order valence-electron chi connectivity index (χ3n) is 5.04. The Kier molecular flexibility index (Phi) is 6.11. The first-order valence-electron chi connectivity index (χ1n) is 8.15. The minimum Gasteiger partial charge on any atom is -0.393 e. The standard InChI is InChI=1S/C16H30O3/c1-3-12-10-13(4-2)14(11-12)15(17)6-7-16-18-8-5-9-19-16/h12-17H,3-11H2,1-2H3. The fourth-order valence-corrected chi connectivity index (χ4v) is 3.77. The quantitative estimate of drug-likeness (QED) is 0.804. The highest BCUT2D eigenvalue weighted by Gasteiger charge is 2.36. The van der Waals surface area contributed by atoms with Crippen LogP contribution in [-0.2, 0) is 9.47 Å². The van der Waals surface area contributed by atoms with Crippen LogP contribution in [0, 0.1) is 17.8 Å². The molecule has 1 saturated carbocycles. The van der Waals surface area contributed by atoms with Gasteiger partial charge in [0.15, 0.2) is 6.29 Å². The predicted molar refractivity (Wildman–Crippen MR) is 75.8 cm³/mol. The van der Waals surface area contributed by atoms with Crippen LogP contribution in [0.3, 0.4) is 0 Å². The zero-order valence-corrected chi connectivity index (χ0v) is 12.5. The zero-order chi connectivity index (χ0) is 13.7. The molecule has 3 heteroatoms. The van der Waals surface area contributed by atoms with E-state index >= 15 is 0 Å². The Morgan fingerprint density at radius 1 is 1.11 bits per heavy atom. The molecular formula is C16H30O3. The summed E-state index contributed by atoms with van der Waals surface area (Å²) in [6.45, 7) is 6.14. The third kappa shape index (κ3) is 4.17. The van der Waals surface area contributed by atoms with Crippen molar-refractivity contribution in [2.75, 3.05) is 13.2 Å². The number of aliphatic hydroxyl groups excluding tert-OH is 1. The smallest absolute Gasteiger partial charge is 0.157 e. The van der Waals surface area contributed by atoms with E-state index in [-0.39, 0.29) is 12.4 Å². The molecule has 1 aliphatic heterocycles. The van der Waals surface area contributed by atoms with E-state index < -0.39 is 0 Å². The first-order chi connectivity index (χ1) is 9.24. The molecule has 2 aliphatic rings. The Bertz CT molecular complexity index is 250. The van der Waals surface area contributed by atoms with Crippen molar-refractivity contribution >= 4 is 0 Å². The van der Waals surface area contributed by atoms with Crippen LogP contribution in [-0.4, -0.2) is 30.7 Å². The van der Waals surface area contributed by atoms with Gasteiger partial charge in [0.1, 0.15) is 0 Å². The highest BCUT2D eigenvalue weighted by Crippen LogP contribution is 2.42. The van der Waals surface area contributed by atoms with Gasteiger partial charge in [-0.25, -0.2) is 0 Å². The average molecular weight is 270 g/mol. The molecule has 0 aromatic heterocycles. The van der Waals surface area contributed by atoms with Gasteiger partial charge in [0.2, 0.25) is 0 Å². The molecule has 19 heavy (non-hydrogen) atoms. The Labute approximate surface area is 117 Å². The maximum absolute atomic E-state index is 10.5. The van der Waals surface area contributed by atoms with Crippen LogP contribution in [0.2, 0.25) is 0 Å². The van der Waals surface area contributed by atoms with E-state index in [1.165, 1.54) is 25.7 Å². The molecule has 4 atom stereocenters. The number of hydrogen-bond acceptors (Lipinski definition) is 3. The van der Waals surface area contributed by atoms with E-state index in [9.17, 15) is 5.11 Å². The highest BCUT2D eigenvalue weighted by atomic mass is 16.7. The summed E-state index contributed by atoms with van der Waals surface area (Å²) < 4.78 is 11.1. The summed E-state index contributed by atoms with van der Waals surface area (Å²) in [6.07, 6.45) is 7.39. The van der Waals surface area contributed by atoms with E-state index in [0.29, 0.717) is 11.8 Å². The molecule has 1 N–H and O–H groups in total. The van der Waals surface area contributed by atoms with Gasteiger partial charge in [-0.05, 0) is 43.4 Å². The number of aliphatic hydroxyl groups is 1. The van der Waals surface area contributed by atoms with Gasteiger partial charge in [0.05, 0.1) is 19.3 Å². The van der Waals surface area contributed by atoms with Crippen LogP contribution in [0.5, 0.6) is 0 Å². The molecule has 0 spiro atoms. The second kappa shape index (κ2) is 7.61. The molecule has 4 unspecified atom stereocenters. The molecule has 0 aromatic rings. The molecule has 0 bridgehead atoms. The van der Waals surface area contributed by atoms with Crippen LogP contribution >= 0.6 is 0 Å². The van der Waals surface area contributed by atoms with Crippen molar-refractivity contribution in [3.63, 3.8) is 0 Å². The van der Waals surface area contributed by atoms with E-state index in [0.717, 1.165) is 38.4 Å². The van der Waals surface area contributed by atoms with Crippen molar-refractivity contribution in [2.45, 2.75) is 71.2 Å². The largest absolute Gasteiger partial charge is 0.393 e. The Balaban J connectivity index is 1.76. The van der Waals surface area contributed by atoms with Gasteiger partial charge in [0.25, 0.3) is 0 Å². The molecule has 0 radical (unpaired) electrons. The first-order valence-corrected chi connectivity index (χ1v) is 8.15. The molecule has 1 aliphatic carbocycles. The molecular weight excluding hydrogens is 240 g/mol. The van der Waals surface area contributed by atoms with Crippen molar-refractivity contribution in [1.29, 1.82) is 0 Å². The van der Waals surface area contributed by atoms with Gasteiger partial charge in [-0.15, -0.1) is 0 Å². The minimum atomic E-state index is -0.171. The maximum Gasteiger partial charge on any atom is 0.157 e. The fraction of sp³-hybridized carbons (Fsp3) is 1.00. The molecule has 0 aromatic carbocycles. The number of hydrogen-bond donors (Lipinski definition) is 1. The Morgan fingerprint density at radius 3 is 2.47 bits per heavy atom. The topological polar surface area (TPSA) is 38.7 Å². The molecule has 3 nitrogen and oxygen atoms in total. The van der Waals surface area contributed by atoms with Crippen LogP contribution in [0.25, 0.3) is 0 Å². The second-order valence-electron chi connectivity index (χ2n) is 6.25. The van der Waals surface area contributed by atoms with Crippen LogP contribution < -0.4 is 0 Å². The van der Waals surface area contributed by atoms with E-state index in [1.807, 2.05) is 0 Å². The summed E-state index contributed by atoms with van der Waals surface area (Å²) in [5.41, 5.74) is 0. The van der Waals surface area contributed by atoms with Crippen LogP contribution in [0.4, 0.5) is 0 Å². The number of ether oxygens (including phenoxy) is 2. The van der Waals surface area contributed by atoms with Crippen molar-refractivity contribution in [3.8, 4) is 0 Å². The lowest BCUT2D eigenvalue weighted by molar-refractivity contribution is -0.184. The van der Waals surface area contributed by atoms with Gasteiger partial charge < -0.3 is 14.6 Å². The molecule has 1 saturated heterocycles. The van der Waals surface area contributed by atoms with Crippen molar-refractivity contribution in [1.82, 2.24) is 0 Å². The van der Waals surface area contributed by atoms with Crippen molar-refractivity contribution in [2.24, 2.45) is 17.8 Å². The predicted octanol–water partition coefficient (Wildman–Crippen LogP) is 3.35.